The molecule has 0 N–H and O–H groups in total. The summed E-state index contributed by atoms with van der Waals surface area (Å²) in [6.45, 7) is 0. The lowest BCUT2D eigenvalue weighted by molar-refractivity contribution is -0.113. The summed E-state index contributed by atoms with van der Waals surface area (Å²) in [7, 11) is 0. The fraction of sp³-hybridized carbons (Fsp3) is 0.917. The van der Waals surface area contributed by atoms with E-state index in [0.29, 0.717) is 11.8 Å². The van der Waals surface area contributed by atoms with Crippen molar-refractivity contribution in [3.8, 4) is 0 Å². The lowest BCUT2D eigenvalue weighted by Crippen LogP contribution is -1.92. The van der Waals surface area contributed by atoms with Crippen LogP contribution in [0, 0.1) is 17.8 Å². The van der Waals surface area contributed by atoms with Gasteiger partial charge in [0, 0.05) is 5.92 Å². The molecule has 0 aliphatic heterocycles. The Bertz CT molecular complexity index is 198. The second-order valence-corrected chi connectivity index (χ2v) is 5.23. The van der Waals surface area contributed by atoms with Crippen LogP contribution in [0.25, 0.3) is 0 Å². The van der Waals surface area contributed by atoms with E-state index >= 15 is 0 Å². The number of rotatable bonds is 1. The highest BCUT2D eigenvalue weighted by molar-refractivity contribution is 6.64. The van der Waals surface area contributed by atoms with Gasteiger partial charge in [-0.05, 0) is 36.3 Å². The number of fused-ring (bicyclic) bond motifs is 1. The molecule has 0 spiro atoms. The van der Waals surface area contributed by atoms with Crippen LogP contribution in [0.5, 0.6) is 0 Å². The number of carbonyl (C=O) groups excluding carboxylic acids is 1. The van der Waals surface area contributed by atoms with Crippen LogP contribution in [0.15, 0.2) is 0 Å². The molecule has 0 amide bonds. The van der Waals surface area contributed by atoms with Gasteiger partial charge in [-0.1, -0.05) is 38.5 Å². The number of hydrogen-bond acceptors (Lipinski definition) is 1. The molecular weight excluding hydrogens is 196 g/mol. The first-order valence-corrected chi connectivity index (χ1v) is 6.38. The molecule has 14 heavy (non-hydrogen) atoms. The fourth-order valence-electron chi connectivity index (χ4n) is 3.04. The molecule has 0 saturated heterocycles. The van der Waals surface area contributed by atoms with Crippen LogP contribution in [0.1, 0.15) is 51.4 Å². The molecule has 0 heterocycles. The summed E-state index contributed by atoms with van der Waals surface area (Å²) in [5, 5.41) is -0.0701. The minimum absolute atomic E-state index is 0.0701. The Morgan fingerprint density at radius 3 is 1.71 bits per heavy atom. The second kappa shape index (κ2) is 4.65. The molecule has 80 valence electrons. The zero-order valence-electron chi connectivity index (χ0n) is 8.68. The Balaban J connectivity index is 1.87. The molecule has 1 nitrogen and oxygen atoms in total. The first kappa shape index (κ1) is 10.5. The van der Waals surface area contributed by atoms with Crippen molar-refractivity contribution in [2.24, 2.45) is 17.8 Å². The molecule has 2 unspecified atom stereocenters. The molecule has 0 bridgehead atoms. The van der Waals surface area contributed by atoms with Crippen LogP contribution in [0.3, 0.4) is 0 Å². The topological polar surface area (TPSA) is 17.1 Å². The van der Waals surface area contributed by atoms with Crippen molar-refractivity contribution in [1.29, 1.82) is 0 Å². The maximum Gasteiger partial charge on any atom is 0.225 e. The Morgan fingerprint density at radius 2 is 1.29 bits per heavy atom. The Kier molecular flexibility index (Phi) is 3.48. The Hall–Kier alpha value is -0.0400. The van der Waals surface area contributed by atoms with E-state index in [2.05, 4.69) is 0 Å². The SMILES string of the molecule is O=C(Cl)C1C2CCCCCCCCC21. The molecule has 2 heteroatoms. The third-order valence-corrected chi connectivity index (χ3v) is 4.17. The van der Waals surface area contributed by atoms with E-state index in [0.717, 1.165) is 0 Å². The van der Waals surface area contributed by atoms with E-state index in [4.69, 9.17) is 11.6 Å². The predicted octanol–water partition coefficient (Wildman–Crippen LogP) is 3.75. The van der Waals surface area contributed by atoms with Crippen LogP contribution < -0.4 is 0 Å². The van der Waals surface area contributed by atoms with Crippen LogP contribution >= 0.6 is 11.6 Å². The molecular formula is C12H19ClO. The highest BCUT2D eigenvalue weighted by Gasteiger charge is 2.52. The molecule has 2 atom stereocenters. The molecule has 0 aromatic rings. The Labute approximate surface area is 91.2 Å². The summed E-state index contributed by atoms with van der Waals surface area (Å²) in [6.07, 6.45) is 10.6. The van der Waals surface area contributed by atoms with Crippen LogP contribution in [-0.4, -0.2) is 5.24 Å². The van der Waals surface area contributed by atoms with Gasteiger partial charge < -0.3 is 0 Å². The summed E-state index contributed by atoms with van der Waals surface area (Å²) in [6, 6.07) is 0. The van der Waals surface area contributed by atoms with E-state index in [1.165, 1.54) is 51.4 Å². The summed E-state index contributed by atoms with van der Waals surface area (Å²) in [5.74, 6) is 1.53. The number of carbonyl (C=O) groups is 1. The summed E-state index contributed by atoms with van der Waals surface area (Å²) in [4.78, 5) is 11.1. The van der Waals surface area contributed by atoms with Crippen molar-refractivity contribution in [1.82, 2.24) is 0 Å². The normalized spacial score (nSPS) is 38.5. The second-order valence-electron chi connectivity index (χ2n) is 4.86. The number of hydrogen-bond donors (Lipinski definition) is 0. The van der Waals surface area contributed by atoms with Crippen molar-refractivity contribution in [3.63, 3.8) is 0 Å². The van der Waals surface area contributed by atoms with Gasteiger partial charge in [-0.25, -0.2) is 0 Å². The lowest BCUT2D eigenvalue weighted by Gasteiger charge is -2.05. The maximum atomic E-state index is 11.1. The van der Waals surface area contributed by atoms with Gasteiger partial charge in [0.2, 0.25) is 5.24 Å². The van der Waals surface area contributed by atoms with Gasteiger partial charge in [0.05, 0.1) is 0 Å². The van der Waals surface area contributed by atoms with E-state index in [1.807, 2.05) is 0 Å². The minimum atomic E-state index is -0.0701. The average Bonchev–Trinajstić information content (AvgIpc) is 2.85. The van der Waals surface area contributed by atoms with E-state index in [-0.39, 0.29) is 11.2 Å². The van der Waals surface area contributed by atoms with E-state index < -0.39 is 0 Å². The first-order chi connectivity index (χ1) is 6.80. The molecule has 2 fully saturated rings. The monoisotopic (exact) mass is 214 g/mol. The zero-order chi connectivity index (χ0) is 9.97. The average molecular weight is 215 g/mol. The lowest BCUT2D eigenvalue weighted by atomic mass is 10.0. The summed E-state index contributed by atoms with van der Waals surface area (Å²) < 4.78 is 0. The smallest absolute Gasteiger partial charge is 0.225 e. The maximum absolute atomic E-state index is 11.1. The largest absolute Gasteiger partial charge is 0.281 e. The summed E-state index contributed by atoms with van der Waals surface area (Å²) in [5.41, 5.74) is 0. The van der Waals surface area contributed by atoms with E-state index in [9.17, 15) is 4.79 Å². The van der Waals surface area contributed by atoms with Gasteiger partial charge in [0.25, 0.3) is 0 Å². The molecule has 0 radical (unpaired) electrons. The highest BCUT2D eigenvalue weighted by atomic mass is 35.5. The first-order valence-electron chi connectivity index (χ1n) is 6.00. The molecule has 2 aliphatic carbocycles. The van der Waals surface area contributed by atoms with Gasteiger partial charge in [-0.2, -0.15) is 0 Å². The third kappa shape index (κ3) is 2.31. The molecule has 2 saturated carbocycles. The molecule has 2 rings (SSSR count). The third-order valence-electron chi connectivity index (χ3n) is 3.92. The minimum Gasteiger partial charge on any atom is -0.281 e. The van der Waals surface area contributed by atoms with Gasteiger partial charge in [0.1, 0.15) is 0 Å². The predicted molar refractivity (Wildman–Crippen MR) is 58.3 cm³/mol. The van der Waals surface area contributed by atoms with Crippen LogP contribution in [0.2, 0.25) is 0 Å². The van der Waals surface area contributed by atoms with Crippen molar-refractivity contribution in [2.75, 3.05) is 0 Å². The number of halogens is 1. The quantitative estimate of drug-likeness (QED) is 0.608. The van der Waals surface area contributed by atoms with Crippen molar-refractivity contribution in [3.05, 3.63) is 0 Å². The van der Waals surface area contributed by atoms with Gasteiger partial charge in [-0.3, -0.25) is 4.79 Å². The summed E-state index contributed by atoms with van der Waals surface area (Å²) >= 11 is 5.60. The van der Waals surface area contributed by atoms with Crippen LogP contribution in [0.4, 0.5) is 0 Å². The van der Waals surface area contributed by atoms with Gasteiger partial charge >= 0.3 is 0 Å². The molecule has 0 aromatic heterocycles. The highest BCUT2D eigenvalue weighted by Crippen LogP contribution is 2.53. The van der Waals surface area contributed by atoms with E-state index in [1.54, 1.807) is 0 Å². The molecule has 2 aliphatic rings. The van der Waals surface area contributed by atoms with Crippen molar-refractivity contribution >= 4 is 16.8 Å². The van der Waals surface area contributed by atoms with Crippen molar-refractivity contribution in [2.45, 2.75) is 51.4 Å². The standard InChI is InChI=1S/C12H19ClO/c13-12(14)11-9-7-5-3-1-2-4-6-8-10(9)11/h9-11H,1-8H2. The van der Waals surface area contributed by atoms with Crippen LogP contribution in [-0.2, 0) is 4.79 Å². The zero-order valence-corrected chi connectivity index (χ0v) is 9.43. The fourth-order valence-corrected chi connectivity index (χ4v) is 3.36. The van der Waals surface area contributed by atoms with Crippen molar-refractivity contribution < 1.29 is 4.79 Å². The van der Waals surface area contributed by atoms with Gasteiger partial charge in [-0.15, -0.1) is 0 Å². The molecule has 0 aromatic carbocycles. The Morgan fingerprint density at radius 1 is 0.857 bits per heavy atom. The van der Waals surface area contributed by atoms with Gasteiger partial charge in [0.15, 0.2) is 0 Å².